The van der Waals surface area contributed by atoms with Crippen molar-refractivity contribution in [2.24, 2.45) is 5.73 Å². The van der Waals surface area contributed by atoms with Crippen molar-refractivity contribution in [1.29, 1.82) is 0 Å². The van der Waals surface area contributed by atoms with Gasteiger partial charge in [-0.2, -0.15) is 13.2 Å². The van der Waals surface area contributed by atoms with E-state index in [0.29, 0.717) is 11.2 Å². The van der Waals surface area contributed by atoms with E-state index in [1.807, 2.05) is 13.0 Å². The Morgan fingerprint density at radius 1 is 1.22 bits per heavy atom. The summed E-state index contributed by atoms with van der Waals surface area (Å²) in [5, 5.41) is 3.99. The predicted molar refractivity (Wildman–Crippen MR) is 85.3 cm³/mol. The van der Waals surface area contributed by atoms with E-state index >= 15 is 0 Å². The molecule has 3 N–H and O–H groups in total. The number of nitrogens with one attached hydrogen (secondary N) is 1. The highest BCUT2D eigenvalue weighted by atomic mass is 19.4. The normalized spacial score (nSPS) is 22.3. The van der Waals surface area contributed by atoms with E-state index in [9.17, 15) is 13.2 Å². The van der Waals surface area contributed by atoms with Crippen molar-refractivity contribution >= 4 is 16.6 Å². The first-order valence-electron chi connectivity index (χ1n) is 7.83. The van der Waals surface area contributed by atoms with Crippen molar-refractivity contribution in [1.82, 2.24) is 4.98 Å². The summed E-state index contributed by atoms with van der Waals surface area (Å²) < 4.78 is 39.3. The maximum atomic E-state index is 13.1. The lowest BCUT2D eigenvalue weighted by atomic mass is 9.91. The van der Waals surface area contributed by atoms with Crippen LogP contribution in [0.15, 0.2) is 24.3 Å². The van der Waals surface area contributed by atoms with Crippen LogP contribution in [0.3, 0.4) is 0 Å². The van der Waals surface area contributed by atoms with Crippen LogP contribution < -0.4 is 11.1 Å². The average molecular weight is 323 g/mol. The van der Waals surface area contributed by atoms with Gasteiger partial charge in [0.05, 0.1) is 5.52 Å². The number of rotatable bonds is 2. The fraction of sp³-hybridized carbons (Fsp3) is 0.471. The summed E-state index contributed by atoms with van der Waals surface area (Å²) in [7, 11) is 0. The highest BCUT2D eigenvalue weighted by molar-refractivity contribution is 5.92. The first-order valence-corrected chi connectivity index (χ1v) is 7.83. The van der Waals surface area contributed by atoms with Crippen LogP contribution in [0.5, 0.6) is 0 Å². The SMILES string of the molecule is Cc1ccc2nc(C(F)(F)F)cc(N[C@@H]3CCCC(N)C3)c2c1. The van der Waals surface area contributed by atoms with E-state index in [-0.39, 0.29) is 12.1 Å². The number of fused-ring (bicyclic) bond motifs is 1. The smallest absolute Gasteiger partial charge is 0.382 e. The number of hydrogen-bond donors (Lipinski definition) is 2. The van der Waals surface area contributed by atoms with Crippen molar-refractivity contribution < 1.29 is 13.2 Å². The lowest BCUT2D eigenvalue weighted by molar-refractivity contribution is -0.140. The Morgan fingerprint density at radius 3 is 2.70 bits per heavy atom. The molecular formula is C17H20F3N3. The second kappa shape index (κ2) is 6.00. The number of nitrogens with zero attached hydrogens (tertiary/aromatic N) is 1. The molecule has 23 heavy (non-hydrogen) atoms. The summed E-state index contributed by atoms with van der Waals surface area (Å²) in [6.07, 6.45) is -0.796. The molecule has 1 aromatic carbocycles. The van der Waals surface area contributed by atoms with Crippen LogP contribution in [0.2, 0.25) is 0 Å². The third-order valence-electron chi connectivity index (χ3n) is 4.33. The second-order valence-electron chi connectivity index (χ2n) is 6.34. The molecular weight excluding hydrogens is 303 g/mol. The van der Waals surface area contributed by atoms with Crippen molar-refractivity contribution in [3.63, 3.8) is 0 Å². The number of benzene rings is 1. The van der Waals surface area contributed by atoms with Crippen LogP contribution >= 0.6 is 0 Å². The summed E-state index contributed by atoms with van der Waals surface area (Å²) in [6.45, 7) is 1.91. The molecule has 124 valence electrons. The van der Waals surface area contributed by atoms with Gasteiger partial charge in [0.1, 0.15) is 5.69 Å². The molecule has 1 aromatic heterocycles. The fourth-order valence-corrected chi connectivity index (χ4v) is 3.18. The molecule has 0 amide bonds. The predicted octanol–water partition coefficient (Wildman–Crippen LogP) is 4.24. The largest absolute Gasteiger partial charge is 0.433 e. The molecule has 3 rings (SSSR count). The van der Waals surface area contributed by atoms with Crippen LogP contribution in [-0.2, 0) is 6.18 Å². The maximum absolute atomic E-state index is 13.1. The van der Waals surface area contributed by atoms with Gasteiger partial charge in [0, 0.05) is 23.2 Å². The molecule has 2 aromatic rings. The third kappa shape index (κ3) is 3.58. The summed E-state index contributed by atoms with van der Waals surface area (Å²) in [6, 6.07) is 6.60. The molecule has 0 saturated heterocycles. The molecule has 0 bridgehead atoms. The number of aryl methyl sites for hydroxylation is 1. The molecule has 3 nitrogen and oxygen atoms in total. The minimum atomic E-state index is -4.46. The van der Waals surface area contributed by atoms with Crippen molar-refractivity contribution in [2.75, 3.05) is 5.32 Å². The number of nitrogens with two attached hydrogens (primary N) is 1. The molecule has 6 heteroatoms. The van der Waals surface area contributed by atoms with Gasteiger partial charge in [-0.25, -0.2) is 4.98 Å². The van der Waals surface area contributed by atoms with Gasteiger partial charge in [-0.05, 0) is 50.8 Å². The van der Waals surface area contributed by atoms with Gasteiger partial charge in [-0.3, -0.25) is 0 Å². The zero-order valence-electron chi connectivity index (χ0n) is 13.0. The molecule has 0 radical (unpaired) electrons. The average Bonchev–Trinajstić information content (AvgIpc) is 2.46. The molecule has 1 aliphatic carbocycles. The summed E-state index contributed by atoms with van der Waals surface area (Å²) >= 11 is 0. The van der Waals surface area contributed by atoms with E-state index < -0.39 is 11.9 Å². The minimum absolute atomic E-state index is 0.103. The van der Waals surface area contributed by atoms with E-state index in [0.717, 1.165) is 42.7 Å². The van der Waals surface area contributed by atoms with Crippen LogP contribution in [0.25, 0.3) is 10.9 Å². The highest BCUT2D eigenvalue weighted by Gasteiger charge is 2.33. The zero-order chi connectivity index (χ0) is 16.6. The van der Waals surface area contributed by atoms with E-state index in [2.05, 4.69) is 10.3 Å². The topological polar surface area (TPSA) is 50.9 Å². The Labute approximate surface area is 133 Å². The molecule has 1 aliphatic rings. The Kier molecular flexibility index (Phi) is 4.19. The number of aromatic nitrogens is 1. The molecule has 2 atom stereocenters. The highest BCUT2D eigenvalue weighted by Crippen LogP contribution is 2.34. The molecule has 1 heterocycles. The Hall–Kier alpha value is -1.82. The van der Waals surface area contributed by atoms with Gasteiger partial charge in [-0.1, -0.05) is 11.6 Å². The second-order valence-corrected chi connectivity index (χ2v) is 6.34. The van der Waals surface area contributed by atoms with Crippen molar-refractivity contribution in [3.8, 4) is 0 Å². The van der Waals surface area contributed by atoms with Crippen molar-refractivity contribution in [2.45, 2.75) is 50.9 Å². The number of hydrogen-bond acceptors (Lipinski definition) is 3. The zero-order valence-corrected chi connectivity index (χ0v) is 13.0. The summed E-state index contributed by atoms with van der Waals surface area (Å²) in [5.41, 5.74) is 6.95. The van der Waals surface area contributed by atoms with Gasteiger partial charge < -0.3 is 11.1 Å². The van der Waals surface area contributed by atoms with Crippen LogP contribution in [-0.4, -0.2) is 17.1 Å². The number of pyridine rings is 1. The van der Waals surface area contributed by atoms with Crippen LogP contribution in [0.1, 0.15) is 36.9 Å². The number of alkyl halides is 3. The Bertz CT molecular complexity index is 712. The van der Waals surface area contributed by atoms with Gasteiger partial charge in [0.2, 0.25) is 0 Å². The van der Waals surface area contributed by atoms with E-state index in [1.165, 1.54) is 0 Å². The number of halogens is 3. The minimum Gasteiger partial charge on any atom is -0.382 e. The van der Waals surface area contributed by atoms with Crippen LogP contribution in [0.4, 0.5) is 18.9 Å². The third-order valence-corrected chi connectivity index (χ3v) is 4.33. The van der Waals surface area contributed by atoms with E-state index in [1.54, 1.807) is 12.1 Å². The van der Waals surface area contributed by atoms with Gasteiger partial charge >= 0.3 is 6.18 Å². The summed E-state index contributed by atoms with van der Waals surface area (Å²) in [5.74, 6) is 0. The fourth-order valence-electron chi connectivity index (χ4n) is 3.18. The monoisotopic (exact) mass is 323 g/mol. The maximum Gasteiger partial charge on any atom is 0.433 e. The molecule has 1 saturated carbocycles. The summed E-state index contributed by atoms with van der Waals surface area (Å²) in [4.78, 5) is 3.77. The quantitative estimate of drug-likeness (QED) is 0.869. The first-order chi connectivity index (χ1) is 10.8. The van der Waals surface area contributed by atoms with Crippen LogP contribution in [0, 0.1) is 6.92 Å². The standard InChI is InChI=1S/C17H20F3N3/c1-10-5-6-14-13(7-10)15(9-16(23-14)17(18,19)20)22-12-4-2-3-11(21)8-12/h5-7,9,11-12H,2-4,8,21H2,1H3,(H,22,23)/t11?,12-/m1/s1. The lowest BCUT2D eigenvalue weighted by Gasteiger charge is -2.29. The first kappa shape index (κ1) is 16.1. The number of anilines is 1. The molecule has 0 aliphatic heterocycles. The van der Waals surface area contributed by atoms with E-state index in [4.69, 9.17) is 5.73 Å². The molecule has 1 unspecified atom stereocenters. The Balaban J connectivity index is 2.03. The molecule has 1 fully saturated rings. The lowest BCUT2D eigenvalue weighted by Crippen LogP contribution is -2.35. The Morgan fingerprint density at radius 2 is 2.00 bits per heavy atom. The van der Waals surface area contributed by atoms with Gasteiger partial charge in [0.15, 0.2) is 0 Å². The van der Waals surface area contributed by atoms with Gasteiger partial charge in [-0.15, -0.1) is 0 Å². The molecule has 0 spiro atoms. The van der Waals surface area contributed by atoms with Crippen molar-refractivity contribution in [3.05, 3.63) is 35.5 Å². The van der Waals surface area contributed by atoms with Gasteiger partial charge in [0.25, 0.3) is 0 Å².